The number of para-hydroxylation sites is 8. The van der Waals surface area contributed by atoms with Gasteiger partial charge in [0.25, 0.3) is 0 Å². The van der Waals surface area contributed by atoms with Gasteiger partial charge in [0, 0.05) is 186 Å². The summed E-state index contributed by atoms with van der Waals surface area (Å²) in [4.78, 5) is 14.4. The molecule has 5 aromatic heterocycles. The largest absolute Gasteiger partial charge is 0.310 e. The predicted molar refractivity (Wildman–Crippen MR) is 648 cm³/mol. The van der Waals surface area contributed by atoms with Gasteiger partial charge < -0.3 is 29.4 Å². The van der Waals surface area contributed by atoms with E-state index in [1.165, 1.54) is 146 Å². The highest BCUT2D eigenvalue weighted by Gasteiger charge is 2.28. The van der Waals surface area contributed by atoms with Crippen LogP contribution in [0.5, 0.6) is 0 Å². The Morgan fingerprint density at radius 2 is 0.302 bits per heavy atom. The first-order valence-electron chi connectivity index (χ1n) is 50.2. The van der Waals surface area contributed by atoms with Gasteiger partial charge in [0.05, 0.1) is 22.7 Å². The second-order valence-electron chi connectivity index (χ2n) is 36.9. The molecule has 0 saturated carbocycles. The molecule has 28 aromatic rings. The lowest BCUT2D eigenvalue weighted by atomic mass is 10.0. The van der Waals surface area contributed by atoms with Crippen molar-refractivity contribution in [2.24, 2.45) is 0 Å². The average molecular weight is 2000 g/mol. The second kappa shape index (κ2) is 40.5. The molecule has 0 atom stereocenters. The minimum atomic E-state index is 1.10. The van der Waals surface area contributed by atoms with Gasteiger partial charge in [-0.05, 0) is 283 Å². The van der Waals surface area contributed by atoms with Crippen molar-refractivity contribution in [3.8, 4) is 33.4 Å². The lowest BCUT2D eigenvalue weighted by Gasteiger charge is -2.28. The summed E-state index contributed by atoms with van der Waals surface area (Å²) < 4.78 is 12.9. The molecular formula is C138H94N6S5. The molecule has 5 heterocycles. The summed E-state index contributed by atoms with van der Waals surface area (Å²) in [5.74, 6) is 0. The van der Waals surface area contributed by atoms with E-state index in [1.54, 1.807) is 0 Å². The quantitative estimate of drug-likeness (QED) is 0.0709. The van der Waals surface area contributed by atoms with Crippen LogP contribution in [0.4, 0.5) is 102 Å². The van der Waals surface area contributed by atoms with Crippen molar-refractivity contribution in [1.29, 1.82) is 0 Å². The highest BCUT2D eigenvalue weighted by atomic mass is 32.1. The van der Waals surface area contributed by atoms with E-state index in [0.29, 0.717) is 0 Å². The van der Waals surface area contributed by atoms with E-state index >= 15 is 0 Å². The van der Waals surface area contributed by atoms with Gasteiger partial charge in [-0.25, -0.2) is 0 Å². The Labute approximate surface area is 885 Å². The number of fused-ring (bicyclic) bond motifs is 15. The molecule has 0 spiro atoms. The Balaban J connectivity index is 0.000000113. The Bertz CT molecular complexity index is 9540. The number of hydrogen-bond donors (Lipinski definition) is 0. The van der Waals surface area contributed by atoms with Crippen LogP contribution < -0.4 is 29.4 Å². The fourth-order valence-corrected chi connectivity index (χ4v) is 26.6. The molecule has 706 valence electrons. The molecule has 0 fully saturated rings. The van der Waals surface area contributed by atoms with E-state index < -0.39 is 0 Å². The number of rotatable bonds is 21. The van der Waals surface area contributed by atoms with E-state index in [9.17, 15) is 0 Å². The molecule has 0 radical (unpaired) electrons. The van der Waals surface area contributed by atoms with Crippen LogP contribution in [0.2, 0.25) is 0 Å². The average Bonchev–Trinajstić information content (AvgIpc) is 1.61. The molecule has 11 heteroatoms. The summed E-state index contributed by atoms with van der Waals surface area (Å²) in [6.07, 6.45) is 0. The molecule has 0 saturated heterocycles. The summed E-state index contributed by atoms with van der Waals surface area (Å²) in [7, 11) is 0. The second-order valence-corrected chi connectivity index (χ2v) is 42.3. The monoisotopic (exact) mass is 1990 g/mol. The van der Waals surface area contributed by atoms with Crippen molar-refractivity contribution >= 4 is 260 Å². The third-order valence-corrected chi connectivity index (χ3v) is 33.6. The van der Waals surface area contributed by atoms with Crippen LogP contribution in [0.25, 0.3) is 134 Å². The topological polar surface area (TPSA) is 19.4 Å². The first-order chi connectivity index (χ1) is 73.9. The SMILES string of the molecule is c1ccc(-c2ccc(N(c3ccc4sc5cccc(N(c6ccccc6)c6ccccc6)c5c4c3)c3ccccc3-c3ccccc3)cc2)cc1.c1ccc(-c2ccc(N(c3ccc4sc5ccccc5c4c3)c3ccc4sc5cccc(N(c6ccccc6)c6ccccc6)c5c4c3)cc2)cc1.c1ccc(N(c2ccc3sc4ccccc4c3c2)c2ccc3sc4cccc(N(c5ccccc5)c5ccccc5)c4c3c2)cc1. The number of nitrogens with zero attached hydrogens (tertiary/aromatic N) is 6. The number of anilines is 18. The van der Waals surface area contributed by atoms with Crippen molar-refractivity contribution in [3.05, 3.63) is 570 Å². The van der Waals surface area contributed by atoms with E-state index in [4.69, 9.17) is 0 Å². The first-order valence-corrected chi connectivity index (χ1v) is 54.3. The maximum Gasteiger partial charge on any atom is 0.0554 e. The predicted octanol–water partition coefficient (Wildman–Crippen LogP) is 42.7. The summed E-state index contributed by atoms with van der Waals surface area (Å²) in [6, 6.07) is 206. The van der Waals surface area contributed by atoms with Crippen LogP contribution in [0.3, 0.4) is 0 Å². The Morgan fingerprint density at radius 1 is 0.107 bits per heavy atom. The molecule has 0 aliphatic rings. The molecule has 0 amide bonds. The summed E-state index contributed by atoms with van der Waals surface area (Å²) in [5, 5.41) is 12.7. The maximum absolute atomic E-state index is 2.42. The Hall–Kier alpha value is -18.0. The lowest BCUT2D eigenvalue weighted by molar-refractivity contribution is 1.29. The van der Waals surface area contributed by atoms with Crippen LogP contribution in [-0.2, 0) is 0 Å². The molecule has 23 aromatic carbocycles. The van der Waals surface area contributed by atoms with Gasteiger partial charge in [0.2, 0.25) is 0 Å². The van der Waals surface area contributed by atoms with Gasteiger partial charge in [0.15, 0.2) is 0 Å². The molecule has 149 heavy (non-hydrogen) atoms. The first kappa shape index (κ1) is 90.9. The van der Waals surface area contributed by atoms with Gasteiger partial charge in [-0.2, -0.15) is 0 Å². The van der Waals surface area contributed by atoms with E-state index in [-0.39, 0.29) is 0 Å². The van der Waals surface area contributed by atoms with Crippen LogP contribution in [0, 0.1) is 0 Å². The van der Waals surface area contributed by atoms with Crippen molar-refractivity contribution in [1.82, 2.24) is 0 Å². The molecule has 6 nitrogen and oxygen atoms in total. The van der Waals surface area contributed by atoms with Gasteiger partial charge >= 0.3 is 0 Å². The number of thiophene rings is 5. The molecule has 0 aliphatic carbocycles. The van der Waals surface area contributed by atoms with Crippen molar-refractivity contribution in [2.75, 3.05) is 29.4 Å². The van der Waals surface area contributed by atoms with Gasteiger partial charge in [0.1, 0.15) is 0 Å². The lowest BCUT2D eigenvalue weighted by Crippen LogP contribution is -2.11. The fraction of sp³-hybridized carbons (Fsp3) is 0. The molecule has 0 aliphatic heterocycles. The van der Waals surface area contributed by atoms with Crippen LogP contribution in [-0.4, -0.2) is 0 Å². The van der Waals surface area contributed by atoms with E-state index in [1.807, 2.05) is 56.7 Å². The van der Waals surface area contributed by atoms with E-state index in [2.05, 4.69) is 600 Å². The molecule has 0 bridgehead atoms. The zero-order valence-electron chi connectivity index (χ0n) is 81.0. The van der Waals surface area contributed by atoms with Crippen LogP contribution >= 0.6 is 56.7 Å². The molecule has 0 unspecified atom stereocenters. The van der Waals surface area contributed by atoms with Crippen LogP contribution in [0.15, 0.2) is 570 Å². The summed E-state index contributed by atoms with van der Waals surface area (Å²) >= 11 is 9.28. The molecule has 0 N–H and O–H groups in total. The zero-order valence-corrected chi connectivity index (χ0v) is 85.1. The van der Waals surface area contributed by atoms with Crippen molar-refractivity contribution < 1.29 is 0 Å². The van der Waals surface area contributed by atoms with Crippen molar-refractivity contribution in [3.63, 3.8) is 0 Å². The Kier molecular flexibility index (Phi) is 24.7. The molecule has 28 rings (SSSR count). The van der Waals surface area contributed by atoms with Gasteiger partial charge in [-0.3, -0.25) is 0 Å². The van der Waals surface area contributed by atoms with E-state index in [0.717, 1.165) is 91.0 Å². The highest BCUT2D eigenvalue weighted by Crippen LogP contribution is 2.54. The smallest absolute Gasteiger partial charge is 0.0554 e. The highest BCUT2D eigenvalue weighted by molar-refractivity contribution is 7.27. The molecular weight excluding hydrogens is 1900 g/mol. The standard InChI is InChI=1S/C48H32N2S2.C48H34N2S.C42H28N2S2/c1-4-13-33(14-5-1)34-23-25-37(26-24-34)49(38-27-29-45-41(31-38)40-19-10-11-21-44(40)51-45)39-28-30-46-42(32-39)48-43(20-12-22-47(48)52-46)50(35-15-6-2-7-16-35)36-17-8-3-9-18-36;1-5-16-35(17-6-1)36-28-30-40(31-29-36)50(44-25-14-13-24-42(44)37-18-7-2-8-19-37)41-32-33-46-43(34-41)48-45(26-15-27-47(48)51-46)49(38-20-9-3-10-21-38)39-22-11-4-12-23-39;1-4-13-29(14-5-1)43(32-23-25-39-35(27-32)34-19-10-11-21-38(34)45-39)33-24-26-40-36(28-33)42-37(20-12-22-41(42)46-40)44(30-15-6-2-7-16-30)31-17-8-3-9-18-31/h1-32H;1-34H;1-28H. The third kappa shape index (κ3) is 17.8. The van der Waals surface area contributed by atoms with Crippen LogP contribution in [0.1, 0.15) is 0 Å². The van der Waals surface area contributed by atoms with Crippen molar-refractivity contribution in [2.45, 2.75) is 0 Å². The minimum Gasteiger partial charge on any atom is -0.310 e. The maximum atomic E-state index is 2.42. The number of benzene rings is 23. The zero-order chi connectivity index (χ0) is 98.9. The normalized spacial score (nSPS) is 11.4. The fourth-order valence-electron chi connectivity index (χ4n) is 21.1. The van der Waals surface area contributed by atoms with Gasteiger partial charge in [-0.15, -0.1) is 56.7 Å². The minimum absolute atomic E-state index is 1.10. The number of hydrogen-bond acceptors (Lipinski definition) is 11. The third-order valence-electron chi connectivity index (χ3n) is 27.9. The summed E-state index contributed by atoms with van der Waals surface area (Å²) in [5.41, 5.74) is 27.6. The summed E-state index contributed by atoms with van der Waals surface area (Å²) in [6.45, 7) is 0. The Morgan fingerprint density at radius 3 is 0.624 bits per heavy atom. The van der Waals surface area contributed by atoms with Gasteiger partial charge in [-0.1, -0.05) is 315 Å².